The van der Waals surface area contributed by atoms with Gasteiger partial charge in [0.15, 0.2) is 0 Å². The third-order valence-electron chi connectivity index (χ3n) is 3.15. The predicted octanol–water partition coefficient (Wildman–Crippen LogP) is 2.96. The van der Waals surface area contributed by atoms with Crippen LogP contribution in [0.2, 0.25) is 0 Å². The number of nitrogens with zero attached hydrogens (tertiary/aromatic N) is 1. The van der Waals surface area contributed by atoms with E-state index in [1.165, 1.54) is 24.3 Å². The van der Waals surface area contributed by atoms with Gasteiger partial charge in [-0.05, 0) is 36.8 Å². The molecule has 0 saturated heterocycles. The fourth-order valence-electron chi connectivity index (χ4n) is 1.95. The van der Waals surface area contributed by atoms with E-state index in [0.717, 1.165) is 24.3 Å². The van der Waals surface area contributed by atoms with Crippen molar-refractivity contribution in [3.05, 3.63) is 64.2 Å². The van der Waals surface area contributed by atoms with Crippen molar-refractivity contribution in [2.75, 3.05) is 11.3 Å². The number of ether oxygens (including phenoxy) is 1. The van der Waals surface area contributed by atoms with Crippen molar-refractivity contribution in [1.82, 2.24) is 0 Å². The Hall–Kier alpha value is -2.94. The normalized spacial score (nSPS) is 10.9. The maximum Gasteiger partial charge on any atom is 0.338 e. The van der Waals surface area contributed by atoms with Crippen molar-refractivity contribution in [3.63, 3.8) is 0 Å². The summed E-state index contributed by atoms with van der Waals surface area (Å²) in [4.78, 5) is 21.7. The Balaban J connectivity index is 2.20. The largest absolute Gasteiger partial charge is 0.462 e. The number of esters is 1. The molecule has 0 aliphatic rings. The van der Waals surface area contributed by atoms with E-state index >= 15 is 0 Å². The average molecular weight is 364 g/mol. The molecule has 0 radical (unpaired) electrons. The predicted molar refractivity (Wildman–Crippen MR) is 90.9 cm³/mol. The molecular formula is C16H16N2O6S. The van der Waals surface area contributed by atoms with E-state index in [2.05, 4.69) is 4.72 Å². The van der Waals surface area contributed by atoms with E-state index in [4.69, 9.17) is 4.74 Å². The molecule has 2 aromatic carbocycles. The average Bonchev–Trinajstić information content (AvgIpc) is 2.59. The number of hydrogen-bond donors (Lipinski definition) is 1. The highest BCUT2D eigenvalue weighted by atomic mass is 32.2. The second-order valence-electron chi connectivity index (χ2n) is 5.07. The Morgan fingerprint density at radius 3 is 2.48 bits per heavy atom. The molecule has 0 atom stereocenters. The minimum atomic E-state index is -3.94. The lowest BCUT2D eigenvalue weighted by Crippen LogP contribution is -2.13. The lowest BCUT2D eigenvalue weighted by Gasteiger charge is -2.09. The van der Waals surface area contributed by atoms with Gasteiger partial charge < -0.3 is 4.74 Å². The summed E-state index contributed by atoms with van der Waals surface area (Å²) in [7, 11) is -3.94. The van der Waals surface area contributed by atoms with Gasteiger partial charge in [-0.3, -0.25) is 14.8 Å². The molecule has 0 saturated carbocycles. The van der Waals surface area contributed by atoms with Crippen molar-refractivity contribution in [2.45, 2.75) is 18.2 Å². The first-order chi connectivity index (χ1) is 11.8. The van der Waals surface area contributed by atoms with Crippen LogP contribution in [0.15, 0.2) is 53.4 Å². The molecule has 8 nitrogen and oxygen atoms in total. The van der Waals surface area contributed by atoms with Gasteiger partial charge in [0.05, 0.1) is 22.0 Å². The zero-order valence-electron chi connectivity index (χ0n) is 13.3. The minimum Gasteiger partial charge on any atom is -0.462 e. The van der Waals surface area contributed by atoms with E-state index < -0.39 is 20.9 Å². The van der Waals surface area contributed by atoms with E-state index in [9.17, 15) is 23.3 Å². The molecular weight excluding hydrogens is 348 g/mol. The van der Waals surface area contributed by atoms with Gasteiger partial charge in [-0.15, -0.1) is 0 Å². The lowest BCUT2D eigenvalue weighted by atomic mass is 10.2. The van der Waals surface area contributed by atoms with E-state index in [1.807, 2.05) is 6.92 Å². The van der Waals surface area contributed by atoms with Crippen molar-refractivity contribution in [3.8, 4) is 0 Å². The molecule has 0 amide bonds. The number of sulfonamides is 1. The number of benzene rings is 2. The van der Waals surface area contributed by atoms with Crippen LogP contribution in [0, 0.1) is 10.1 Å². The molecule has 1 N–H and O–H groups in total. The van der Waals surface area contributed by atoms with Crippen molar-refractivity contribution in [2.24, 2.45) is 0 Å². The van der Waals surface area contributed by atoms with Gasteiger partial charge in [0.2, 0.25) is 0 Å². The first-order valence-electron chi connectivity index (χ1n) is 7.38. The van der Waals surface area contributed by atoms with E-state index in [0.29, 0.717) is 6.42 Å². The van der Waals surface area contributed by atoms with Gasteiger partial charge in [-0.1, -0.05) is 13.0 Å². The van der Waals surface area contributed by atoms with E-state index in [1.54, 1.807) is 0 Å². The number of carbonyl (C=O) groups is 1. The summed E-state index contributed by atoms with van der Waals surface area (Å²) < 4.78 is 32.0. The van der Waals surface area contributed by atoms with Crippen LogP contribution < -0.4 is 4.72 Å². The Labute approximate surface area is 144 Å². The summed E-state index contributed by atoms with van der Waals surface area (Å²) in [5, 5.41) is 10.6. The highest BCUT2D eigenvalue weighted by Gasteiger charge is 2.17. The monoisotopic (exact) mass is 364 g/mol. The number of non-ortho nitro benzene ring substituents is 1. The Kier molecular flexibility index (Phi) is 5.71. The molecule has 0 spiro atoms. The molecule has 2 rings (SSSR count). The fraction of sp³-hybridized carbons (Fsp3) is 0.188. The standard InChI is InChI=1S/C16H16N2O6S/c1-2-10-24-16(19)12-4-3-5-13(11-12)17-25(22,23)15-8-6-14(7-9-15)18(20)21/h3-9,11,17H,2,10H2,1H3. The van der Waals surface area contributed by atoms with Crippen molar-refractivity contribution >= 4 is 27.4 Å². The fourth-order valence-corrected chi connectivity index (χ4v) is 3.00. The van der Waals surface area contributed by atoms with Crippen LogP contribution in [0.25, 0.3) is 0 Å². The Bertz CT molecular complexity index is 878. The number of rotatable bonds is 7. The van der Waals surface area contributed by atoms with Crippen LogP contribution in [0.5, 0.6) is 0 Å². The Morgan fingerprint density at radius 1 is 1.20 bits per heavy atom. The molecule has 0 heterocycles. The quantitative estimate of drug-likeness (QED) is 0.459. The molecule has 25 heavy (non-hydrogen) atoms. The highest BCUT2D eigenvalue weighted by Crippen LogP contribution is 2.20. The third-order valence-corrected chi connectivity index (χ3v) is 4.54. The number of nitrogens with one attached hydrogen (secondary N) is 1. The summed E-state index contributed by atoms with van der Waals surface area (Å²) >= 11 is 0. The lowest BCUT2D eigenvalue weighted by molar-refractivity contribution is -0.384. The summed E-state index contributed by atoms with van der Waals surface area (Å²) in [5.74, 6) is -0.543. The second-order valence-corrected chi connectivity index (χ2v) is 6.76. The molecule has 0 aromatic heterocycles. The summed E-state index contributed by atoms with van der Waals surface area (Å²) in [6, 6.07) is 10.4. The summed E-state index contributed by atoms with van der Waals surface area (Å²) in [5.41, 5.74) is 0.196. The van der Waals surface area contributed by atoms with Gasteiger partial charge in [0.1, 0.15) is 0 Å². The number of anilines is 1. The molecule has 0 aliphatic heterocycles. The van der Waals surface area contributed by atoms with Gasteiger partial charge in [-0.2, -0.15) is 0 Å². The molecule has 9 heteroatoms. The highest BCUT2D eigenvalue weighted by molar-refractivity contribution is 7.92. The van der Waals surface area contributed by atoms with Gasteiger partial charge in [0.25, 0.3) is 15.7 Å². The van der Waals surface area contributed by atoms with Gasteiger partial charge >= 0.3 is 5.97 Å². The number of hydrogen-bond acceptors (Lipinski definition) is 6. The van der Waals surface area contributed by atoms with Crippen LogP contribution in [0.1, 0.15) is 23.7 Å². The molecule has 0 unspecified atom stereocenters. The summed E-state index contributed by atoms with van der Waals surface area (Å²) in [6.07, 6.45) is 0.679. The SMILES string of the molecule is CCCOC(=O)c1cccc(NS(=O)(=O)c2ccc([N+](=O)[O-])cc2)c1. The molecule has 0 fully saturated rings. The van der Waals surface area contributed by atoms with Crippen LogP contribution in [-0.4, -0.2) is 25.9 Å². The topological polar surface area (TPSA) is 116 Å². The van der Waals surface area contributed by atoms with Crippen LogP contribution in [-0.2, 0) is 14.8 Å². The summed E-state index contributed by atoms with van der Waals surface area (Å²) in [6.45, 7) is 2.14. The number of nitro groups is 1. The van der Waals surface area contributed by atoms with Crippen LogP contribution in [0.4, 0.5) is 11.4 Å². The van der Waals surface area contributed by atoms with Crippen LogP contribution in [0.3, 0.4) is 0 Å². The first kappa shape index (κ1) is 18.4. The van der Waals surface area contributed by atoms with Crippen molar-refractivity contribution < 1.29 is 22.9 Å². The third kappa shape index (κ3) is 4.77. The maximum atomic E-state index is 12.3. The van der Waals surface area contributed by atoms with Gasteiger partial charge in [0, 0.05) is 17.8 Å². The molecule has 132 valence electrons. The number of nitro benzene ring substituents is 1. The Morgan fingerprint density at radius 2 is 1.88 bits per heavy atom. The smallest absolute Gasteiger partial charge is 0.338 e. The first-order valence-corrected chi connectivity index (χ1v) is 8.86. The molecule has 0 bridgehead atoms. The van der Waals surface area contributed by atoms with Crippen LogP contribution >= 0.6 is 0 Å². The van der Waals surface area contributed by atoms with E-state index in [-0.39, 0.29) is 28.4 Å². The molecule has 0 aliphatic carbocycles. The number of carbonyl (C=O) groups excluding carboxylic acids is 1. The zero-order valence-corrected chi connectivity index (χ0v) is 14.2. The van der Waals surface area contributed by atoms with Crippen molar-refractivity contribution in [1.29, 1.82) is 0 Å². The molecule has 2 aromatic rings. The second kappa shape index (κ2) is 7.75. The maximum absolute atomic E-state index is 12.3. The zero-order chi connectivity index (χ0) is 18.4. The minimum absolute atomic E-state index is 0.128. The van der Waals surface area contributed by atoms with Gasteiger partial charge in [-0.25, -0.2) is 13.2 Å².